The first-order valence-electron chi connectivity index (χ1n) is 11.3. The van der Waals surface area contributed by atoms with Gasteiger partial charge in [-0.15, -0.1) is 11.3 Å². The zero-order valence-corrected chi connectivity index (χ0v) is 18.6. The smallest absolute Gasteiger partial charge is 0.258 e. The van der Waals surface area contributed by atoms with Gasteiger partial charge in [-0.2, -0.15) is 0 Å². The fourth-order valence-corrected chi connectivity index (χ4v) is 5.74. The van der Waals surface area contributed by atoms with Gasteiger partial charge in [0.15, 0.2) is 0 Å². The second kappa shape index (κ2) is 7.86. The Balaban J connectivity index is 1.47. The number of pyridine rings is 2. The van der Waals surface area contributed by atoms with E-state index in [9.17, 15) is 9.59 Å². The van der Waals surface area contributed by atoms with E-state index >= 15 is 0 Å². The fourth-order valence-electron chi connectivity index (χ4n) is 4.56. The Labute approximate surface area is 189 Å². The van der Waals surface area contributed by atoms with Gasteiger partial charge in [0.25, 0.3) is 5.91 Å². The van der Waals surface area contributed by atoms with Gasteiger partial charge in [-0.3, -0.25) is 14.0 Å². The van der Waals surface area contributed by atoms with E-state index in [1.165, 1.54) is 24.2 Å². The Morgan fingerprint density at radius 2 is 2.00 bits per heavy atom. The van der Waals surface area contributed by atoms with Gasteiger partial charge in [0.1, 0.15) is 16.0 Å². The summed E-state index contributed by atoms with van der Waals surface area (Å²) in [5.74, 6) is -0.305. The van der Waals surface area contributed by atoms with Gasteiger partial charge >= 0.3 is 0 Å². The number of nitrogens with zero attached hydrogens (tertiary/aromatic N) is 3. The van der Waals surface area contributed by atoms with Crippen LogP contribution in [0.2, 0.25) is 0 Å². The molecular weight excluding hydrogens is 422 g/mol. The summed E-state index contributed by atoms with van der Waals surface area (Å²) in [5, 5.41) is 6.89. The molecule has 0 radical (unpaired) electrons. The summed E-state index contributed by atoms with van der Waals surface area (Å²) in [7, 11) is 0. The lowest BCUT2D eigenvalue weighted by atomic mass is 10.1. The number of amides is 1. The van der Waals surface area contributed by atoms with E-state index in [0.717, 1.165) is 48.4 Å². The summed E-state index contributed by atoms with van der Waals surface area (Å²) in [4.78, 5) is 34.5. The van der Waals surface area contributed by atoms with Crippen LogP contribution in [0.1, 0.15) is 36.0 Å². The van der Waals surface area contributed by atoms with Crippen LogP contribution in [-0.2, 0) is 0 Å². The summed E-state index contributed by atoms with van der Waals surface area (Å²) < 4.78 is 2.99. The lowest BCUT2D eigenvalue weighted by Crippen LogP contribution is -2.35. The van der Waals surface area contributed by atoms with Crippen LogP contribution in [0.25, 0.3) is 26.1 Å². The standard InChI is InChI=1S/C24H25N5O2S/c30-21-17-13-16(27-15-7-8-15)14-26-22(17)29-18-5-1-2-6-19(18)32-24(29)20(21)23(31)25-9-12-28-10-3-4-11-28/h1-2,5-6,13-15,27H,3-4,7-12H2,(H,25,31). The average Bonchev–Trinajstić information content (AvgIpc) is 3.30. The molecule has 7 nitrogen and oxygen atoms in total. The first-order valence-corrected chi connectivity index (χ1v) is 12.1. The maximum absolute atomic E-state index is 13.6. The van der Waals surface area contributed by atoms with Crippen molar-refractivity contribution in [1.29, 1.82) is 0 Å². The Morgan fingerprint density at radius 3 is 2.81 bits per heavy atom. The number of likely N-dealkylation sites (tertiary alicyclic amines) is 1. The van der Waals surface area contributed by atoms with E-state index in [-0.39, 0.29) is 16.9 Å². The van der Waals surface area contributed by atoms with Gasteiger partial charge in [0.2, 0.25) is 5.43 Å². The second-order valence-electron chi connectivity index (χ2n) is 8.73. The van der Waals surface area contributed by atoms with Crippen LogP contribution in [0.5, 0.6) is 0 Å². The number of aromatic nitrogens is 2. The summed E-state index contributed by atoms with van der Waals surface area (Å²) in [6.07, 6.45) is 6.49. The van der Waals surface area contributed by atoms with Gasteiger partial charge in [0.05, 0.1) is 27.5 Å². The average molecular weight is 448 g/mol. The number of rotatable bonds is 6. The number of nitrogens with one attached hydrogen (secondary N) is 2. The normalized spacial score (nSPS) is 16.9. The molecule has 164 valence electrons. The number of thiazole rings is 1. The lowest BCUT2D eigenvalue weighted by molar-refractivity contribution is 0.0950. The fraction of sp³-hybridized carbons (Fsp3) is 0.375. The van der Waals surface area contributed by atoms with Crippen molar-refractivity contribution in [2.45, 2.75) is 31.7 Å². The molecule has 0 bridgehead atoms. The molecule has 0 atom stereocenters. The highest BCUT2D eigenvalue weighted by molar-refractivity contribution is 7.24. The van der Waals surface area contributed by atoms with Gasteiger partial charge < -0.3 is 15.5 Å². The van der Waals surface area contributed by atoms with Gasteiger partial charge in [-0.05, 0) is 57.0 Å². The van der Waals surface area contributed by atoms with E-state index in [2.05, 4.69) is 20.5 Å². The Bertz CT molecular complexity index is 1400. The largest absolute Gasteiger partial charge is 0.381 e. The SMILES string of the molecule is O=C(NCCN1CCCC1)c1c(=O)c2cc(NC3CC3)cnc2n2c1sc1ccccc12. The van der Waals surface area contributed by atoms with Crippen LogP contribution in [0.3, 0.4) is 0 Å². The first kappa shape index (κ1) is 19.7. The molecule has 4 heterocycles. The Hall–Kier alpha value is -2.97. The number of carbonyl (C=O) groups excluding carboxylic acids is 1. The van der Waals surface area contributed by atoms with E-state index in [1.54, 1.807) is 6.20 Å². The number of hydrogen-bond donors (Lipinski definition) is 2. The first-order chi connectivity index (χ1) is 15.7. The van der Waals surface area contributed by atoms with Crippen LogP contribution < -0.4 is 16.1 Å². The van der Waals surface area contributed by atoms with Crippen molar-refractivity contribution in [1.82, 2.24) is 19.6 Å². The highest BCUT2D eigenvalue weighted by Crippen LogP contribution is 2.32. The number of benzene rings is 1. The molecule has 2 fully saturated rings. The molecule has 1 saturated heterocycles. The van der Waals surface area contributed by atoms with Gasteiger partial charge in [-0.1, -0.05) is 12.1 Å². The molecule has 2 aliphatic rings. The third-order valence-corrected chi connectivity index (χ3v) is 7.51. The predicted molar refractivity (Wildman–Crippen MR) is 129 cm³/mol. The molecule has 0 spiro atoms. The van der Waals surface area contributed by atoms with Gasteiger partial charge in [0, 0.05) is 19.1 Å². The van der Waals surface area contributed by atoms with Crippen LogP contribution in [0.15, 0.2) is 41.3 Å². The minimum Gasteiger partial charge on any atom is -0.381 e. The molecule has 6 rings (SSSR count). The van der Waals surface area contributed by atoms with Crippen molar-refractivity contribution < 1.29 is 4.79 Å². The number of fused-ring (bicyclic) bond motifs is 5. The summed E-state index contributed by atoms with van der Waals surface area (Å²) in [6.45, 7) is 3.51. The molecular formula is C24H25N5O2S. The van der Waals surface area contributed by atoms with Crippen molar-refractivity contribution >= 4 is 49.0 Å². The molecule has 3 aromatic heterocycles. The number of hydrogen-bond acceptors (Lipinski definition) is 6. The van der Waals surface area contributed by atoms with Crippen molar-refractivity contribution in [3.8, 4) is 0 Å². The highest BCUT2D eigenvalue weighted by atomic mass is 32.1. The maximum Gasteiger partial charge on any atom is 0.258 e. The zero-order chi connectivity index (χ0) is 21.7. The minimum atomic E-state index is -0.305. The molecule has 4 aromatic rings. The molecule has 1 amide bonds. The monoisotopic (exact) mass is 447 g/mol. The molecule has 1 aliphatic heterocycles. The quantitative estimate of drug-likeness (QED) is 0.473. The lowest BCUT2D eigenvalue weighted by Gasteiger charge is -2.15. The predicted octanol–water partition coefficient (Wildman–Crippen LogP) is 3.46. The van der Waals surface area contributed by atoms with Crippen LogP contribution in [0, 0.1) is 0 Å². The van der Waals surface area contributed by atoms with Crippen molar-refractivity contribution in [2.24, 2.45) is 0 Å². The number of carbonyl (C=O) groups is 1. The third kappa shape index (κ3) is 3.43. The summed E-state index contributed by atoms with van der Waals surface area (Å²) in [5.41, 5.74) is 2.34. The highest BCUT2D eigenvalue weighted by Gasteiger charge is 2.24. The van der Waals surface area contributed by atoms with E-state index < -0.39 is 0 Å². The van der Waals surface area contributed by atoms with E-state index in [4.69, 9.17) is 0 Å². The molecule has 2 N–H and O–H groups in total. The van der Waals surface area contributed by atoms with Crippen molar-refractivity contribution in [3.63, 3.8) is 0 Å². The summed E-state index contributed by atoms with van der Waals surface area (Å²) >= 11 is 1.47. The Kier molecular flexibility index (Phi) is 4.84. The molecule has 1 saturated carbocycles. The second-order valence-corrected chi connectivity index (χ2v) is 9.76. The van der Waals surface area contributed by atoms with Crippen LogP contribution >= 0.6 is 11.3 Å². The molecule has 0 unspecified atom stereocenters. The van der Waals surface area contributed by atoms with Crippen LogP contribution in [-0.4, -0.2) is 52.4 Å². The van der Waals surface area contributed by atoms with Crippen molar-refractivity contribution in [2.75, 3.05) is 31.5 Å². The third-order valence-electron chi connectivity index (χ3n) is 6.37. The zero-order valence-electron chi connectivity index (χ0n) is 17.8. The van der Waals surface area contributed by atoms with Crippen molar-refractivity contribution in [3.05, 3.63) is 52.3 Å². The summed E-state index contributed by atoms with van der Waals surface area (Å²) in [6, 6.07) is 10.3. The Morgan fingerprint density at radius 1 is 1.19 bits per heavy atom. The molecule has 1 aliphatic carbocycles. The molecule has 32 heavy (non-hydrogen) atoms. The molecule has 8 heteroatoms. The van der Waals surface area contributed by atoms with Crippen LogP contribution in [0.4, 0.5) is 5.69 Å². The van der Waals surface area contributed by atoms with E-state index in [1.807, 2.05) is 34.7 Å². The molecule has 1 aromatic carbocycles. The van der Waals surface area contributed by atoms with E-state index in [0.29, 0.717) is 28.5 Å². The topological polar surface area (TPSA) is 78.7 Å². The number of para-hydroxylation sites is 1. The number of anilines is 1. The maximum atomic E-state index is 13.6. The van der Waals surface area contributed by atoms with Gasteiger partial charge in [-0.25, -0.2) is 4.98 Å². The minimum absolute atomic E-state index is 0.213.